The zero-order valence-corrected chi connectivity index (χ0v) is 14.7. The molecule has 0 amide bonds. The average molecular weight is 370 g/mol. The van der Waals surface area contributed by atoms with Gasteiger partial charge in [-0.3, -0.25) is 4.98 Å². The Morgan fingerprint density at radius 3 is 2.46 bits per heavy atom. The Kier molecular flexibility index (Phi) is 6.23. The number of rotatable bonds is 7. The molecule has 0 spiro atoms. The van der Waals surface area contributed by atoms with Gasteiger partial charge in [0.15, 0.2) is 0 Å². The molecule has 2 unspecified atom stereocenters. The minimum Gasteiger partial charge on any atom is -0.496 e. The van der Waals surface area contributed by atoms with E-state index in [1.165, 1.54) is 26.3 Å². The van der Waals surface area contributed by atoms with Gasteiger partial charge in [0.25, 0.3) is 0 Å². The van der Waals surface area contributed by atoms with Crippen molar-refractivity contribution in [1.82, 2.24) is 4.98 Å². The van der Waals surface area contributed by atoms with Crippen LogP contribution in [0.25, 0.3) is 0 Å². The monoisotopic (exact) mass is 370 g/mol. The number of hydrogen-bond acceptors (Lipinski definition) is 3. The van der Waals surface area contributed by atoms with Crippen LogP contribution in [0.15, 0.2) is 42.6 Å². The third-order valence-electron chi connectivity index (χ3n) is 4.74. The normalized spacial score (nSPS) is 15.3. The van der Waals surface area contributed by atoms with E-state index in [1.807, 2.05) is 0 Å². The van der Waals surface area contributed by atoms with Crippen molar-refractivity contribution in [1.29, 1.82) is 0 Å². The second kappa shape index (κ2) is 8.03. The first-order chi connectivity index (χ1) is 12.2. The number of nitrogens with two attached hydrogens (primary N) is 1. The lowest BCUT2D eigenvalue weighted by atomic mass is 9.67. The van der Waals surface area contributed by atoms with E-state index >= 15 is 0 Å². The van der Waals surface area contributed by atoms with Crippen LogP contribution in [0.4, 0.5) is 17.6 Å². The van der Waals surface area contributed by atoms with Gasteiger partial charge in [-0.1, -0.05) is 13.0 Å². The van der Waals surface area contributed by atoms with Crippen LogP contribution in [-0.2, 0) is 11.8 Å². The topological polar surface area (TPSA) is 48.1 Å². The zero-order valence-electron chi connectivity index (χ0n) is 14.7. The van der Waals surface area contributed by atoms with Crippen LogP contribution in [-0.4, -0.2) is 24.8 Å². The predicted octanol–water partition coefficient (Wildman–Crippen LogP) is 4.26. The maximum atomic E-state index is 14.0. The van der Waals surface area contributed by atoms with E-state index in [9.17, 15) is 17.6 Å². The Bertz CT molecular complexity index is 721. The molecule has 1 aromatic carbocycles. The Labute approximate surface area is 150 Å². The van der Waals surface area contributed by atoms with Gasteiger partial charge in [0.2, 0.25) is 0 Å². The molecule has 0 saturated carbocycles. The maximum absolute atomic E-state index is 14.0. The Morgan fingerprint density at radius 2 is 1.92 bits per heavy atom. The second-order valence-corrected chi connectivity index (χ2v) is 6.42. The highest BCUT2D eigenvalue weighted by Gasteiger charge is 2.52. The number of aromatic nitrogens is 1. The van der Waals surface area contributed by atoms with Crippen LogP contribution >= 0.6 is 0 Å². The lowest BCUT2D eigenvalue weighted by molar-refractivity contribution is -0.193. The summed E-state index contributed by atoms with van der Waals surface area (Å²) in [7, 11) is 1.35. The molecule has 26 heavy (non-hydrogen) atoms. The van der Waals surface area contributed by atoms with Gasteiger partial charge >= 0.3 is 6.18 Å². The summed E-state index contributed by atoms with van der Waals surface area (Å²) in [6, 6.07) is 8.43. The number of benzene rings is 1. The van der Waals surface area contributed by atoms with Gasteiger partial charge in [-0.15, -0.1) is 0 Å². The summed E-state index contributed by atoms with van der Waals surface area (Å²) in [6.07, 6.45) is -3.39. The molecule has 0 saturated heterocycles. The van der Waals surface area contributed by atoms with Crippen LogP contribution in [0.2, 0.25) is 0 Å². The van der Waals surface area contributed by atoms with Crippen LogP contribution in [0.5, 0.6) is 5.75 Å². The Morgan fingerprint density at radius 1 is 1.19 bits per heavy atom. The number of hydrogen-bond donors (Lipinski definition) is 1. The smallest absolute Gasteiger partial charge is 0.393 e. The molecule has 2 rings (SSSR count). The number of halogens is 4. The predicted molar refractivity (Wildman–Crippen MR) is 91.5 cm³/mol. The number of methoxy groups -OCH3 is 1. The highest BCUT2D eigenvalue weighted by Crippen LogP contribution is 2.48. The zero-order chi connectivity index (χ0) is 19.4. The molecule has 0 fully saturated rings. The molecule has 0 aliphatic carbocycles. The molecule has 0 bridgehead atoms. The van der Waals surface area contributed by atoms with Gasteiger partial charge in [-0.2, -0.15) is 13.2 Å². The molecule has 2 atom stereocenters. The average Bonchev–Trinajstić information content (AvgIpc) is 2.59. The third kappa shape index (κ3) is 4.33. The standard InChI is InChI=1S/C19H22F4N2O/c1-18(8-9-24,15-11-13(20)6-7-16(15)26-2)17(19(21,22)23)12-14-5-3-4-10-25-14/h3-7,10-11,17H,8-9,12,24H2,1-2H3. The van der Waals surface area contributed by atoms with E-state index in [-0.39, 0.29) is 30.7 Å². The molecular weight excluding hydrogens is 348 g/mol. The van der Waals surface area contributed by atoms with E-state index in [2.05, 4.69) is 4.98 Å². The second-order valence-electron chi connectivity index (χ2n) is 6.42. The first kappa shape index (κ1) is 20.2. The minimum absolute atomic E-state index is 0.0177. The van der Waals surface area contributed by atoms with Crippen molar-refractivity contribution in [2.75, 3.05) is 13.7 Å². The first-order valence-electron chi connectivity index (χ1n) is 8.23. The lowest BCUT2D eigenvalue weighted by Gasteiger charge is -2.40. The molecule has 142 valence electrons. The van der Waals surface area contributed by atoms with Crippen molar-refractivity contribution in [2.24, 2.45) is 11.7 Å². The summed E-state index contributed by atoms with van der Waals surface area (Å²) in [5.41, 5.74) is 4.63. The van der Waals surface area contributed by atoms with Crippen molar-refractivity contribution >= 4 is 0 Å². The molecule has 1 aromatic heterocycles. The molecule has 2 N–H and O–H groups in total. The number of pyridine rings is 1. The van der Waals surface area contributed by atoms with E-state index < -0.39 is 23.3 Å². The lowest BCUT2D eigenvalue weighted by Crippen LogP contribution is -2.44. The van der Waals surface area contributed by atoms with Gasteiger partial charge in [0.05, 0.1) is 13.0 Å². The molecule has 0 radical (unpaired) electrons. The summed E-state index contributed by atoms with van der Waals surface area (Å²) >= 11 is 0. The van der Waals surface area contributed by atoms with Crippen molar-refractivity contribution in [3.63, 3.8) is 0 Å². The van der Waals surface area contributed by atoms with Gasteiger partial charge in [0.1, 0.15) is 11.6 Å². The molecule has 2 aromatic rings. The van der Waals surface area contributed by atoms with Crippen molar-refractivity contribution in [2.45, 2.75) is 31.4 Å². The fourth-order valence-electron chi connectivity index (χ4n) is 3.35. The minimum atomic E-state index is -4.53. The van der Waals surface area contributed by atoms with Gasteiger partial charge in [-0.25, -0.2) is 4.39 Å². The van der Waals surface area contributed by atoms with E-state index in [0.717, 1.165) is 12.1 Å². The number of nitrogens with zero attached hydrogens (tertiary/aromatic N) is 1. The van der Waals surface area contributed by atoms with Crippen molar-refractivity contribution in [3.8, 4) is 5.75 Å². The van der Waals surface area contributed by atoms with Gasteiger partial charge < -0.3 is 10.5 Å². The first-order valence-corrected chi connectivity index (χ1v) is 8.23. The highest BCUT2D eigenvalue weighted by molar-refractivity contribution is 5.41. The van der Waals surface area contributed by atoms with Gasteiger partial charge in [0, 0.05) is 29.3 Å². The number of ether oxygens (including phenoxy) is 1. The molecular formula is C19H22F4N2O. The fourth-order valence-corrected chi connectivity index (χ4v) is 3.35. The van der Waals surface area contributed by atoms with Crippen LogP contribution < -0.4 is 10.5 Å². The van der Waals surface area contributed by atoms with Crippen LogP contribution in [0.1, 0.15) is 24.6 Å². The summed E-state index contributed by atoms with van der Waals surface area (Å²) in [5, 5.41) is 0. The number of alkyl halides is 3. The van der Waals surface area contributed by atoms with E-state index in [0.29, 0.717) is 5.69 Å². The highest BCUT2D eigenvalue weighted by atomic mass is 19.4. The van der Waals surface area contributed by atoms with Crippen LogP contribution in [0.3, 0.4) is 0 Å². The van der Waals surface area contributed by atoms with E-state index in [1.54, 1.807) is 18.2 Å². The maximum Gasteiger partial charge on any atom is 0.393 e. The summed E-state index contributed by atoms with van der Waals surface area (Å²) in [4.78, 5) is 4.02. The largest absolute Gasteiger partial charge is 0.496 e. The summed E-state index contributed by atoms with van der Waals surface area (Å²) in [5.74, 6) is -2.22. The Balaban J connectivity index is 2.60. The van der Waals surface area contributed by atoms with Crippen LogP contribution in [0, 0.1) is 11.7 Å². The molecule has 0 aliphatic heterocycles. The Hall–Kier alpha value is -2.15. The van der Waals surface area contributed by atoms with Crippen molar-refractivity contribution in [3.05, 3.63) is 59.7 Å². The molecule has 1 heterocycles. The SMILES string of the molecule is COc1ccc(F)cc1C(C)(CCN)C(Cc1ccccn1)C(F)(F)F. The quantitative estimate of drug-likeness (QED) is 0.741. The fraction of sp³-hybridized carbons (Fsp3) is 0.421. The third-order valence-corrected chi connectivity index (χ3v) is 4.74. The van der Waals surface area contributed by atoms with E-state index in [4.69, 9.17) is 10.5 Å². The van der Waals surface area contributed by atoms with Crippen molar-refractivity contribution < 1.29 is 22.3 Å². The molecule has 3 nitrogen and oxygen atoms in total. The summed E-state index contributed by atoms with van der Waals surface area (Å²) in [6.45, 7) is 1.48. The molecule has 0 aliphatic rings. The summed E-state index contributed by atoms with van der Waals surface area (Å²) < 4.78 is 61.2. The molecule has 7 heteroatoms. The van der Waals surface area contributed by atoms with Gasteiger partial charge in [-0.05, 0) is 43.3 Å².